The van der Waals surface area contributed by atoms with Crippen molar-refractivity contribution in [3.63, 3.8) is 0 Å². The van der Waals surface area contributed by atoms with Gasteiger partial charge in [-0.25, -0.2) is 4.39 Å². The van der Waals surface area contributed by atoms with Gasteiger partial charge in [-0.2, -0.15) is 0 Å². The summed E-state index contributed by atoms with van der Waals surface area (Å²) >= 11 is 0. The van der Waals surface area contributed by atoms with Gasteiger partial charge < -0.3 is 0 Å². The smallest absolute Gasteiger partial charge is 0.126 e. The van der Waals surface area contributed by atoms with Gasteiger partial charge >= 0.3 is 0 Å². The molecule has 2 aliphatic carbocycles. The van der Waals surface area contributed by atoms with Gasteiger partial charge in [-0.1, -0.05) is 63.3 Å². The molecule has 0 amide bonds. The molecule has 0 N–H and O–H groups in total. The SMILES string of the molecule is CCCc1ccc(CCC2=CCC([C@H]3CC[C@H](CC)CC3)CC2)cc1F. The first-order chi connectivity index (χ1) is 12.7. The van der Waals surface area contributed by atoms with Crippen molar-refractivity contribution >= 4 is 0 Å². The van der Waals surface area contributed by atoms with E-state index >= 15 is 0 Å². The molecule has 0 aromatic heterocycles. The highest BCUT2D eigenvalue weighted by Gasteiger charge is 2.27. The Labute approximate surface area is 160 Å². The average Bonchev–Trinajstić information content (AvgIpc) is 2.69. The van der Waals surface area contributed by atoms with Crippen molar-refractivity contribution in [2.24, 2.45) is 17.8 Å². The zero-order chi connectivity index (χ0) is 18.4. The average molecular weight is 357 g/mol. The second-order valence-corrected chi connectivity index (χ2v) is 8.76. The Morgan fingerprint density at radius 3 is 2.35 bits per heavy atom. The molecule has 3 rings (SSSR count). The molecule has 1 aromatic rings. The van der Waals surface area contributed by atoms with E-state index in [1.54, 1.807) is 11.6 Å². The van der Waals surface area contributed by atoms with Gasteiger partial charge in [-0.15, -0.1) is 0 Å². The van der Waals surface area contributed by atoms with Crippen LogP contribution in [0.4, 0.5) is 4.39 Å². The van der Waals surface area contributed by atoms with E-state index in [9.17, 15) is 4.39 Å². The molecule has 0 radical (unpaired) electrons. The number of halogens is 1. The zero-order valence-electron chi connectivity index (χ0n) is 16.9. The Kier molecular flexibility index (Phi) is 7.34. The predicted octanol–water partition coefficient (Wildman–Crippen LogP) is 7.65. The maximum absolute atomic E-state index is 14.1. The lowest BCUT2D eigenvalue weighted by Gasteiger charge is -2.35. The molecule has 1 atom stereocenters. The van der Waals surface area contributed by atoms with Gasteiger partial charge in [0.25, 0.3) is 0 Å². The van der Waals surface area contributed by atoms with Crippen LogP contribution in [0.2, 0.25) is 0 Å². The monoisotopic (exact) mass is 356 g/mol. The molecule has 1 aromatic carbocycles. The summed E-state index contributed by atoms with van der Waals surface area (Å²) in [4.78, 5) is 0. The largest absolute Gasteiger partial charge is 0.207 e. The molecule has 0 bridgehead atoms. The summed E-state index contributed by atoms with van der Waals surface area (Å²) in [5.74, 6) is 2.91. The number of aryl methyl sites for hydroxylation is 2. The molecule has 0 saturated heterocycles. The van der Waals surface area contributed by atoms with Crippen molar-refractivity contribution in [3.8, 4) is 0 Å². The summed E-state index contributed by atoms with van der Waals surface area (Å²) in [5, 5.41) is 0. The van der Waals surface area contributed by atoms with Gasteiger partial charge in [0.15, 0.2) is 0 Å². The van der Waals surface area contributed by atoms with Gasteiger partial charge in [0.2, 0.25) is 0 Å². The Hall–Kier alpha value is -1.11. The van der Waals surface area contributed by atoms with E-state index in [1.165, 1.54) is 51.4 Å². The minimum absolute atomic E-state index is 0.00952. The molecule has 1 unspecified atom stereocenters. The van der Waals surface area contributed by atoms with Gasteiger partial charge in [-0.3, -0.25) is 0 Å². The summed E-state index contributed by atoms with van der Waals surface area (Å²) in [6, 6.07) is 5.89. The van der Waals surface area contributed by atoms with Crippen molar-refractivity contribution in [1.29, 1.82) is 0 Å². The van der Waals surface area contributed by atoms with Crippen LogP contribution in [0.25, 0.3) is 0 Å². The third-order valence-electron chi connectivity index (χ3n) is 7.05. The molecule has 1 saturated carbocycles. The van der Waals surface area contributed by atoms with E-state index < -0.39 is 0 Å². The molecule has 1 fully saturated rings. The molecule has 144 valence electrons. The molecule has 1 heteroatoms. The Morgan fingerprint density at radius 1 is 0.923 bits per heavy atom. The van der Waals surface area contributed by atoms with Crippen molar-refractivity contribution in [2.75, 3.05) is 0 Å². The molecule has 0 spiro atoms. The number of allylic oxidation sites excluding steroid dienone is 2. The van der Waals surface area contributed by atoms with E-state index in [0.29, 0.717) is 0 Å². The van der Waals surface area contributed by atoms with Crippen molar-refractivity contribution in [1.82, 2.24) is 0 Å². The number of rotatable bonds is 7. The van der Waals surface area contributed by atoms with Crippen LogP contribution in [0, 0.1) is 23.6 Å². The number of hydrogen-bond acceptors (Lipinski definition) is 0. The maximum Gasteiger partial charge on any atom is 0.126 e. The lowest BCUT2D eigenvalue weighted by atomic mass is 9.71. The van der Waals surface area contributed by atoms with Crippen LogP contribution in [-0.2, 0) is 12.8 Å². The minimum Gasteiger partial charge on any atom is -0.207 e. The number of hydrogen-bond donors (Lipinski definition) is 0. The van der Waals surface area contributed by atoms with E-state index in [0.717, 1.165) is 54.6 Å². The van der Waals surface area contributed by atoms with Crippen molar-refractivity contribution in [3.05, 3.63) is 46.8 Å². The van der Waals surface area contributed by atoms with Gasteiger partial charge in [0.1, 0.15) is 5.82 Å². The summed E-state index contributed by atoms with van der Waals surface area (Å²) in [5.41, 5.74) is 3.64. The normalized spacial score (nSPS) is 26.6. The highest BCUT2D eigenvalue weighted by molar-refractivity contribution is 5.25. The molecule has 0 nitrogen and oxygen atoms in total. The summed E-state index contributed by atoms with van der Waals surface area (Å²) in [6.07, 6.45) is 17.7. The fourth-order valence-electron chi connectivity index (χ4n) is 5.16. The zero-order valence-corrected chi connectivity index (χ0v) is 16.9. The van der Waals surface area contributed by atoms with Crippen LogP contribution in [0.3, 0.4) is 0 Å². The molecule has 26 heavy (non-hydrogen) atoms. The second-order valence-electron chi connectivity index (χ2n) is 8.76. The first-order valence-corrected chi connectivity index (χ1v) is 11.1. The lowest BCUT2D eigenvalue weighted by molar-refractivity contribution is 0.189. The fraction of sp³-hybridized carbons (Fsp3) is 0.680. The first kappa shape index (κ1) is 19.6. The summed E-state index contributed by atoms with van der Waals surface area (Å²) in [6.45, 7) is 4.45. The Morgan fingerprint density at radius 2 is 1.73 bits per heavy atom. The fourth-order valence-corrected chi connectivity index (χ4v) is 5.16. The van der Waals surface area contributed by atoms with Gasteiger partial charge in [-0.05, 0) is 86.3 Å². The third-order valence-corrected chi connectivity index (χ3v) is 7.05. The van der Waals surface area contributed by atoms with Crippen molar-refractivity contribution in [2.45, 2.75) is 90.9 Å². The third kappa shape index (κ3) is 5.21. The summed E-state index contributed by atoms with van der Waals surface area (Å²) in [7, 11) is 0. The number of benzene rings is 1. The van der Waals surface area contributed by atoms with Crippen LogP contribution in [0.5, 0.6) is 0 Å². The van der Waals surface area contributed by atoms with Crippen LogP contribution in [-0.4, -0.2) is 0 Å². The minimum atomic E-state index is -0.00952. The van der Waals surface area contributed by atoms with Crippen LogP contribution in [0.1, 0.15) is 89.2 Å². The molecule has 0 aliphatic heterocycles. The van der Waals surface area contributed by atoms with Gasteiger partial charge in [0, 0.05) is 0 Å². The highest BCUT2D eigenvalue weighted by atomic mass is 19.1. The Balaban J connectivity index is 1.45. The molecular formula is C25H37F. The highest BCUT2D eigenvalue weighted by Crippen LogP contribution is 2.40. The van der Waals surface area contributed by atoms with Gasteiger partial charge in [0.05, 0.1) is 0 Å². The molecule has 2 aliphatic rings. The standard InChI is InChI=1S/C25H37F/c1-3-5-24-17-12-21(18-25(24)26)7-6-20-10-15-23(16-11-20)22-13-8-19(4-2)9-14-22/h10,12,17-19,22-23H,3-9,11,13-16H2,1-2H3/t19-,22-,23?. The van der Waals surface area contributed by atoms with Crippen LogP contribution >= 0.6 is 0 Å². The van der Waals surface area contributed by atoms with Crippen LogP contribution < -0.4 is 0 Å². The molecule has 0 heterocycles. The second kappa shape index (κ2) is 9.72. The quantitative estimate of drug-likeness (QED) is 0.440. The van der Waals surface area contributed by atoms with E-state index in [-0.39, 0.29) is 5.82 Å². The predicted molar refractivity (Wildman–Crippen MR) is 110 cm³/mol. The Bertz CT molecular complexity index is 592. The lowest BCUT2D eigenvalue weighted by Crippen LogP contribution is -2.23. The molecular weight excluding hydrogens is 319 g/mol. The van der Waals surface area contributed by atoms with Crippen LogP contribution in [0.15, 0.2) is 29.8 Å². The van der Waals surface area contributed by atoms with E-state index in [1.807, 2.05) is 6.07 Å². The van der Waals surface area contributed by atoms with Crippen molar-refractivity contribution < 1.29 is 4.39 Å². The topological polar surface area (TPSA) is 0 Å². The summed E-state index contributed by atoms with van der Waals surface area (Å²) < 4.78 is 14.1. The first-order valence-electron chi connectivity index (χ1n) is 11.1. The van der Waals surface area contributed by atoms with E-state index in [2.05, 4.69) is 26.0 Å². The maximum atomic E-state index is 14.1. The van der Waals surface area contributed by atoms with E-state index in [4.69, 9.17) is 0 Å².